The van der Waals surface area contributed by atoms with Gasteiger partial charge < -0.3 is 9.80 Å². The Hall–Kier alpha value is -2.70. The zero-order valence-corrected chi connectivity index (χ0v) is 16.8. The van der Waals surface area contributed by atoms with Crippen molar-refractivity contribution < 1.29 is 9.59 Å². The van der Waals surface area contributed by atoms with Crippen LogP contribution < -0.4 is 0 Å². The normalized spacial score (nSPS) is 17.2. The summed E-state index contributed by atoms with van der Waals surface area (Å²) in [6.07, 6.45) is 4.59. The minimum atomic E-state index is -0.102. The number of carbonyl (C=O) groups is 2. The lowest BCUT2D eigenvalue weighted by Gasteiger charge is -2.19. The highest BCUT2D eigenvalue weighted by molar-refractivity contribution is 5.92. The molecule has 1 fully saturated rings. The molecule has 0 radical (unpaired) electrons. The Morgan fingerprint density at radius 2 is 1.86 bits per heavy atom. The number of hydrogen-bond acceptors (Lipinski definition) is 4. The van der Waals surface area contributed by atoms with Gasteiger partial charge in [-0.25, -0.2) is 4.68 Å². The number of likely N-dealkylation sites (tertiary alicyclic amines) is 1. The van der Waals surface area contributed by atoms with E-state index in [0.717, 1.165) is 25.8 Å². The average Bonchev–Trinajstić information content (AvgIpc) is 3.04. The van der Waals surface area contributed by atoms with Crippen molar-refractivity contribution in [2.24, 2.45) is 0 Å². The molecule has 2 aromatic rings. The van der Waals surface area contributed by atoms with Crippen molar-refractivity contribution in [1.29, 1.82) is 0 Å². The second-order valence-electron chi connectivity index (χ2n) is 7.20. The average molecular weight is 383 g/mol. The SMILES string of the molecule is CCN(CC)C(=O)Cn1cc(C(=O)N2CCC[C@@H](c3ccccc3)CC2)nn1. The Morgan fingerprint density at radius 3 is 2.57 bits per heavy atom. The first kappa shape index (κ1) is 20.0. The summed E-state index contributed by atoms with van der Waals surface area (Å²) in [7, 11) is 0. The standard InChI is InChI=1S/C21H29N5O2/c1-3-24(4-2)20(27)16-26-15-19(22-23-26)21(28)25-13-8-11-18(12-14-25)17-9-6-5-7-10-17/h5-7,9-10,15,18H,3-4,8,11-14,16H2,1-2H3/t18-/m1/s1. The highest BCUT2D eigenvalue weighted by atomic mass is 16.2. The molecule has 1 saturated heterocycles. The van der Waals surface area contributed by atoms with E-state index in [-0.39, 0.29) is 18.4 Å². The molecule has 3 rings (SSSR count). The van der Waals surface area contributed by atoms with Gasteiger partial charge in [-0.15, -0.1) is 5.10 Å². The molecule has 28 heavy (non-hydrogen) atoms. The van der Waals surface area contributed by atoms with E-state index in [9.17, 15) is 9.59 Å². The Bertz CT molecular complexity index is 785. The summed E-state index contributed by atoms with van der Waals surface area (Å²) in [5, 5.41) is 7.99. The van der Waals surface area contributed by atoms with E-state index >= 15 is 0 Å². The highest BCUT2D eigenvalue weighted by Gasteiger charge is 2.24. The fourth-order valence-electron chi connectivity index (χ4n) is 3.81. The van der Waals surface area contributed by atoms with E-state index in [1.807, 2.05) is 24.8 Å². The van der Waals surface area contributed by atoms with E-state index in [2.05, 4.69) is 34.6 Å². The van der Waals surface area contributed by atoms with Gasteiger partial charge in [0.25, 0.3) is 5.91 Å². The fourth-order valence-corrected chi connectivity index (χ4v) is 3.81. The second-order valence-corrected chi connectivity index (χ2v) is 7.20. The van der Waals surface area contributed by atoms with Crippen molar-refractivity contribution >= 4 is 11.8 Å². The molecule has 1 aromatic heterocycles. The van der Waals surface area contributed by atoms with Crippen LogP contribution in [0.1, 0.15) is 55.1 Å². The minimum Gasteiger partial charge on any atom is -0.342 e. The number of aromatic nitrogens is 3. The van der Waals surface area contributed by atoms with Crippen LogP contribution in [-0.2, 0) is 11.3 Å². The summed E-state index contributed by atoms with van der Waals surface area (Å²) in [6, 6.07) is 10.5. The molecule has 0 bridgehead atoms. The van der Waals surface area contributed by atoms with Crippen molar-refractivity contribution in [1.82, 2.24) is 24.8 Å². The lowest BCUT2D eigenvalue weighted by molar-refractivity contribution is -0.131. The number of benzene rings is 1. The first-order valence-corrected chi connectivity index (χ1v) is 10.1. The number of nitrogens with zero attached hydrogens (tertiary/aromatic N) is 5. The first-order chi connectivity index (χ1) is 13.6. The molecule has 150 valence electrons. The van der Waals surface area contributed by atoms with Gasteiger partial charge >= 0.3 is 0 Å². The van der Waals surface area contributed by atoms with E-state index in [1.54, 1.807) is 11.1 Å². The maximum Gasteiger partial charge on any atom is 0.276 e. The quantitative estimate of drug-likeness (QED) is 0.769. The van der Waals surface area contributed by atoms with Gasteiger partial charge in [0.05, 0.1) is 6.20 Å². The van der Waals surface area contributed by atoms with Crippen molar-refractivity contribution in [3.63, 3.8) is 0 Å². The minimum absolute atomic E-state index is 0.0191. The summed E-state index contributed by atoms with van der Waals surface area (Å²) in [5.41, 5.74) is 1.66. The van der Waals surface area contributed by atoms with Crippen LogP contribution in [0, 0.1) is 0 Å². The van der Waals surface area contributed by atoms with E-state index in [1.165, 1.54) is 10.2 Å². The van der Waals surface area contributed by atoms with Gasteiger partial charge in [-0.2, -0.15) is 0 Å². The molecule has 1 aliphatic rings. The Kier molecular flexibility index (Phi) is 6.79. The molecule has 0 saturated carbocycles. The molecule has 0 unspecified atom stereocenters. The second kappa shape index (κ2) is 9.48. The maximum absolute atomic E-state index is 12.9. The summed E-state index contributed by atoms with van der Waals surface area (Å²) in [4.78, 5) is 28.7. The predicted octanol–water partition coefficient (Wildman–Crippen LogP) is 2.56. The lowest BCUT2D eigenvalue weighted by Crippen LogP contribution is -2.33. The molecule has 1 atom stereocenters. The Morgan fingerprint density at radius 1 is 1.11 bits per heavy atom. The van der Waals surface area contributed by atoms with Crippen molar-refractivity contribution in [2.75, 3.05) is 26.2 Å². The molecule has 1 aliphatic heterocycles. The number of likely N-dealkylation sites (N-methyl/N-ethyl adjacent to an activating group) is 1. The van der Waals surface area contributed by atoms with Gasteiger partial charge in [-0.3, -0.25) is 9.59 Å². The first-order valence-electron chi connectivity index (χ1n) is 10.1. The number of rotatable bonds is 6. The van der Waals surface area contributed by atoms with Crippen LogP contribution in [0.15, 0.2) is 36.5 Å². The van der Waals surface area contributed by atoms with Crippen molar-refractivity contribution in [2.45, 2.75) is 45.6 Å². The fraction of sp³-hybridized carbons (Fsp3) is 0.524. The molecule has 2 amide bonds. The van der Waals surface area contributed by atoms with Crippen molar-refractivity contribution in [3.05, 3.63) is 47.8 Å². The molecular weight excluding hydrogens is 354 g/mol. The topological polar surface area (TPSA) is 71.3 Å². The molecule has 0 spiro atoms. The number of amides is 2. The smallest absolute Gasteiger partial charge is 0.276 e. The van der Waals surface area contributed by atoms with Gasteiger partial charge in [0.2, 0.25) is 5.91 Å². The maximum atomic E-state index is 12.9. The van der Waals surface area contributed by atoms with Gasteiger partial charge in [-0.05, 0) is 44.6 Å². The predicted molar refractivity (Wildman–Crippen MR) is 107 cm³/mol. The van der Waals surface area contributed by atoms with E-state index < -0.39 is 0 Å². The summed E-state index contributed by atoms with van der Waals surface area (Å²) < 4.78 is 1.46. The monoisotopic (exact) mass is 383 g/mol. The van der Waals surface area contributed by atoms with Gasteiger partial charge in [0.1, 0.15) is 6.54 Å². The molecule has 7 nitrogen and oxygen atoms in total. The van der Waals surface area contributed by atoms with Crippen LogP contribution in [0.5, 0.6) is 0 Å². The van der Waals surface area contributed by atoms with Crippen LogP contribution in [0.4, 0.5) is 0 Å². The van der Waals surface area contributed by atoms with Gasteiger partial charge in [0, 0.05) is 26.2 Å². The van der Waals surface area contributed by atoms with E-state index in [0.29, 0.717) is 31.2 Å². The highest BCUT2D eigenvalue weighted by Crippen LogP contribution is 2.28. The third-order valence-electron chi connectivity index (χ3n) is 5.46. The molecule has 1 aromatic carbocycles. The number of hydrogen-bond donors (Lipinski definition) is 0. The molecular formula is C21H29N5O2. The lowest BCUT2D eigenvalue weighted by atomic mass is 9.92. The van der Waals surface area contributed by atoms with Crippen LogP contribution in [-0.4, -0.2) is 62.8 Å². The molecule has 2 heterocycles. The van der Waals surface area contributed by atoms with Gasteiger partial charge in [0.15, 0.2) is 5.69 Å². The Labute approximate surface area is 166 Å². The zero-order valence-electron chi connectivity index (χ0n) is 16.8. The molecule has 7 heteroatoms. The largest absolute Gasteiger partial charge is 0.342 e. The third kappa shape index (κ3) is 4.77. The molecule has 0 aliphatic carbocycles. The van der Waals surface area contributed by atoms with Crippen LogP contribution in [0.2, 0.25) is 0 Å². The Balaban J connectivity index is 1.60. The summed E-state index contributed by atoms with van der Waals surface area (Å²) in [5.74, 6) is 0.367. The van der Waals surface area contributed by atoms with Gasteiger partial charge in [-0.1, -0.05) is 35.5 Å². The summed E-state index contributed by atoms with van der Waals surface area (Å²) in [6.45, 7) is 6.76. The van der Waals surface area contributed by atoms with Crippen molar-refractivity contribution in [3.8, 4) is 0 Å². The summed E-state index contributed by atoms with van der Waals surface area (Å²) >= 11 is 0. The van der Waals surface area contributed by atoms with E-state index in [4.69, 9.17) is 0 Å². The zero-order chi connectivity index (χ0) is 19.9. The van der Waals surface area contributed by atoms with Crippen LogP contribution in [0.3, 0.4) is 0 Å². The number of carbonyl (C=O) groups excluding carboxylic acids is 2. The third-order valence-corrected chi connectivity index (χ3v) is 5.46. The molecule has 0 N–H and O–H groups in total. The van der Waals surface area contributed by atoms with Crippen LogP contribution >= 0.6 is 0 Å². The van der Waals surface area contributed by atoms with Crippen LogP contribution in [0.25, 0.3) is 0 Å².